The number of hydrogen-bond donors (Lipinski definition) is 1. The highest BCUT2D eigenvalue weighted by Crippen LogP contribution is 2.25. The minimum Gasteiger partial charge on any atom is -0.489 e. The lowest BCUT2D eigenvalue weighted by molar-refractivity contribution is 0.0326. The van der Waals surface area contributed by atoms with Gasteiger partial charge < -0.3 is 15.2 Å². The Balaban J connectivity index is 1.72. The SMILES string of the molecule is CC(CCN1CCOCC1)Oc1ccsc1CN. The molecule has 0 aromatic carbocycles. The van der Waals surface area contributed by atoms with E-state index in [0.717, 1.165) is 49.9 Å². The Morgan fingerprint density at radius 3 is 3.00 bits per heavy atom. The van der Waals surface area contributed by atoms with Crippen LogP contribution >= 0.6 is 11.3 Å². The first-order valence-electron chi connectivity index (χ1n) is 6.53. The number of nitrogens with two attached hydrogens (primary N) is 1. The molecular weight excluding hydrogens is 248 g/mol. The molecule has 0 aliphatic carbocycles. The van der Waals surface area contributed by atoms with Crippen molar-refractivity contribution in [2.24, 2.45) is 5.73 Å². The fourth-order valence-electron chi connectivity index (χ4n) is 2.05. The van der Waals surface area contributed by atoms with Crippen molar-refractivity contribution in [3.8, 4) is 5.75 Å². The monoisotopic (exact) mass is 270 g/mol. The van der Waals surface area contributed by atoms with Crippen LogP contribution in [0.5, 0.6) is 5.75 Å². The van der Waals surface area contributed by atoms with Gasteiger partial charge >= 0.3 is 0 Å². The quantitative estimate of drug-likeness (QED) is 0.854. The Hall–Kier alpha value is -0.620. The van der Waals surface area contributed by atoms with Gasteiger partial charge in [0.15, 0.2) is 0 Å². The van der Waals surface area contributed by atoms with Crippen LogP contribution in [-0.2, 0) is 11.3 Å². The van der Waals surface area contributed by atoms with Crippen LogP contribution in [0.15, 0.2) is 11.4 Å². The Labute approximate surface area is 113 Å². The molecule has 1 fully saturated rings. The fraction of sp³-hybridized carbons (Fsp3) is 0.692. The van der Waals surface area contributed by atoms with Gasteiger partial charge in [-0.3, -0.25) is 4.90 Å². The summed E-state index contributed by atoms with van der Waals surface area (Å²) < 4.78 is 11.3. The molecule has 1 aromatic rings. The second-order valence-corrected chi connectivity index (χ2v) is 5.58. The molecule has 0 saturated carbocycles. The zero-order valence-electron chi connectivity index (χ0n) is 10.9. The van der Waals surface area contributed by atoms with Crippen LogP contribution in [0, 0.1) is 0 Å². The van der Waals surface area contributed by atoms with E-state index in [0.29, 0.717) is 6.54 Å². The van der Waals surface area contributed by atoms with Crippen LogP contribution < -0.4 is 10.5 Å². The maximum absolute atomic E-state index is 5.94. The summed E-state index contributed by atoms with van der Waals surface area (Å²) >= 11 is 1.66. The van der Waals surface area contributed by atoms with Gasteiger partial charge in [0, 0.05) is 26.2 Å². The topological polar surface area (TPSA) is 47.7 Å². The van der Waals surface area contributed by atoms with Crippen LogP contribution in [0.2, 0.25) is 0 Å². The average Bonchev–Trinajstić information content (AvgIpc) is 2.85. The molecule has 0 spiro atoms. The largest absolute Gasteiger partial charge is 0.489 e. The molecule has 0 bridgehead atoms. The third kappa shape index (κ3) is 3.95. The lowest BCUT2D eigenvalue weighted by Gasteiger charge is -2.27. The van der Waals surface area contributed by atoms with Crippen LogP contribution in [0.4, 0.5) is 0 Å². The Kier molecular flexibility index (Phi) is 5.44. The summed E-state index contributed by atoms with van der Waals surface area (Å²) in [6.07, 6.45) is 1.27. The van der Waals surface area contributed by atoms with E-state index in [9.17, 15) is 0 Å². The summed E-state index contributed by atoms with van der Waals surface area (Å²) in [5.41, 5.74) is 5.67. The molecule has 1 atom stereocenters. The third-order valence-corrected chi connectivity index (χ3v) is 4.10. The smallest absolute Gasteiger partial charge is 0.134 e. The summed E-state index contributed by atoms with van der Waals surface area (Å²) in [5.74, 6) is 0.956. The molecule has 2 rings (SSSR count). The lowest BCUT2D eigenvalue weighted by Crippen LogP contribution is -2.38. The van der Waals surface area contributed by atoms with Gasteiger partial charge in [-0.05, 0) is 24.8 Å². The molecule has 1 aromatic heterocycles. The molecule has 1 saturated heterocycles. The van der Waals surface area contributed by atoms with Crippen LogP contribution in [0.1, 0.15) is 18.2 Å². The molecule has 0 radical (unpaired) electrons. The van der Waals surface area contributed by atoms with E-state index in [1.165, 1.54) is 0 Å². The molecule has 4 nitrogen and oxygen atoms in total. The molecule has 2 N–H and O–H groups in total. The van der Waals surface area contributed by atoms with E-state index in [2.05, 4.69) is 11.8 Å². The molecule has 2 heterocycles. The van der Waals surface area contributed by atoms with Crippen LogP contribution in [0.25, 0.3) is 0 Å². The van der Waals surface area contributed by atoms with E-state index < -0.39 is 0 Å². The molecule has 5 heteroatoms. The normalized spacial score (nSPS) is 18.8. The third-order valence-electron chi connectivity index (χ3n) is 3.17. The van der Waals surface area contributed by atoms with Crippen molar-refractivity contribution < 1.29 is 9.47 Å². The highest BCUT2D eigenvalue weighted by Gasteiger charge is 2.13. The second-order valence-electron chi connectivity index (χ2n) is 4.58. The zero-order chi connectivity index (χ0) is 12.8. The predicted molar refractivity (Wildman–Crippen MR) is 74.2 cm³/mol. The van der Waals surface area contributed by atoms with Crippen molar-refractivity contribution in [2.75, 3.05) is 32.8 Å². The van der Waals surface area contributed by atoms with Gasteiger partial charge in [0.05, 0.1) is 24.2 Å². The Morgan fingerprint density at radius 2 is 2.28 bits per heavy atom. The number of thiophene rings is 1. The van der Waals surface area contributed by atoms with Crippen molar-refractivity contribution in [1.82, 2.24) is 4.90 Å². The minimum atomic E-state index is 0.229. The van der Waals surface area contributed by atoms with Crippen molar-refractivity contribution in [3.05, 3.63) is 16.3 Å². The van der Waals surface area contributed by atoms with Gasteiger partial charge in [0.1, 0.15) is 5.75 Å². The van der Waals surface area contributed by atoms with Gasteiger partial charge in [0.2, 0.25) is 0 Å². The number of nitrogens with zero attached hydrogens (tertiary/aromatic N) is 1. The van der Waals surface area contributed by atoms with Crippen molar-refractivity contribution in [1.29, 1.82) is 0 Å². The fourth-order valence-corrected chi connectivity index (χ4v) is 2.73. The summed E-state index contributed by atoms with van der Waals surface area (Å²) in [6.45, 7) is 7.56. The second kappa shape index (κ2) is 7.09. The van der Waals surface area contributed by atoms with E-state index in [-0.39, 0.29) is 6.10 Å². The van der Waals surface area contributed by atoms with E-state index in [4.69, 9.17) is 15.2 Å². The Bertz CT molecular complexity index is 351. The first kappa shape index (κ1) is 13.8. The van der Waals surface area contributed by atoms with Gasteiger partial charge in [0.25, 0.3) is 0 Å². The van der Waals surface area contributed by atoms with Crippen molar-refractivity contribution in [2.45, 2.75) is 26.0 Å². The maximum Gasteiger partial charge on any atom is 0.134 e. The first-order valence-corrected chi connectivity index (χ1v) is 7.40. The van der Waals surface area contributed by atoms with Gasteiger partial charge in [-0.25, -0.2) is 0 Å². The molecule has 102 valence electrons. The number of hydrogen-bond acceptors (Lipinski definition) is 5. The van der Waals surface area contributed by atoms with E-state index in [1.54, 1.807) is 11.3 Å². The van der Waals surface area contributed by atoms with E-state index in [1.807, 2.05) is 11.4 Å². The molecule has 18 heavy (non-hydrogen) atoms. The molecule has 1 aliphatic rings. The van der Waals surface area contributed by atoms with Crippen molar-refractivity contribution >= 4 is 11.3 Å². The Morgan fingerprint density at radius 1 is 1.50 bits per heavy atom. The molecule has 1 aliphatic heterocycles. The number of ether oxygens (including phenoxy) is 2. The molecular formula is C13H22N2O2S. The zero-order valence-corrected chi connectivity index (χ0v) is 11.7. The van der Waals surface area contributed by atoms with Gasteiger partial charge in [-0.1, -0.05) is 0 Å². The van der Waals surface area contributed by atoms with Gasteiger partial charge in [-0.2, -0.15) is 0 Å². The average molecular weight is 270 g/mol. The summed E-state index contributed by atoms with van der Waals surface area (Å²) in [5, 5.41) is 2.03. The van der Waals surface area contributed by atoms with Gasteiger partial charge in [-0.15, -0.1) is 11.3 Å². The van der Waals surface area contributed by atoms with Crippen molar-refractivity contribution in [3.63, 3.8) is 0 Å². The number of rotatable bonds is 6. The highest BCUT2D eigenvalue weighted by molar-refractivity contribution is 7.10. The van der Waals surface area contributed by atoms with E-state index >= 15 is 0 Å². The highest BCUT2D eigenvalue weighted by atomic mass is 32.1. The standard InChI is InChI=1S/C13H22N2O2S/c1-11(2-4-15-5-7-16-8-6-15)17-12-3-9-18-13(12)10-14/h3,9,11H,2,4-8,10,14H2,1H3. The molecule has 1 unspecified atom stereocenters. The number of morpholine rings is 1. The lowest BCUT2D eigenvalue weighted by atomic mass is 10.2. The summed E-state index contributed by atoms with van der Waals surface area (Å²) in [6, 6.07) is 2.01. The first-order chi connectivity index (χ1) is 8.79. The maximum atomic E-state index is 5.94. The minimum absolute atomic E-state index is 0.229. The van der Waals surface area contributed by atoms with Crippen LogP contribution in [0.3, 0.4) is 0 Å². The predicted octanol–water partition coefficient (Wildman–Crippen LogP) is 1.70. The summed E-state index contributed by atoms with van der Waals surface area (Å²) in [7, 11) is 0. The van der Waals surface area contributed by atoms with Crippen LogP contribution in [-0.4, -0.2) is 43.9 Å². The molecule has 0 amide bonds. The summed E-state index contributed by atoms with van der Waals surface area (Å²) in [4.78, 5) is 3.56.